The second kappa shape index (κ2) is 6.36. The summed E-state index contributed by atoms with van der Waals surface area (Å²) in [6.07, 6.45) is 1.94. The van der Waals surface area contributed by atoms with Gasteiger partial charge in [0.15, 0.2) is 5.78 Å². The summed E-state index contributed by atoms with van der Waals surface area (Å²) in [5.41, 5.74) is -0.242. The minimum absolute atomic E-state index is 0.117. The maximum atomic E-state index is 12.8. The summed E-state index contributed by atoms with van der Waals surface area (Å²) in [5, 5.41) is 0. The second-order valence-corrected chi connectivity index (χ2v) is 6.88. The van der Waals surface area contributed by atoms with Gasteiger partial charge < -0.3 is 4.90 Å². The van der Waals surface area contributed by atoms with Crippen LogP contribution >= 0.6 is 0 Å². The van der Waals surface area contributed by atoms with Crippen LogP contribution in [0.25, 0.3) is 0 Å². The molecule has 0 unspecified atom stereocenters. The molecular weight excluding hydrogens is 236 g/mol. The zero-order chi connectivity index (χ0) is 14.8. The minimum Gasteiger partial charge on any atom is -0.301 e. The summed E-state index contributed by atoms with van der Waals surface area (Å²) in [4.78, 5) is 17.6. The fourth-order valence-corrected chi connectivity index (χ4v) is 3.21. The Morgan fingerprint density at radius 2 is 1.53 bits per heavy atom. The lowest BCUT2D eigenvalue weighted by atomic mass is 9.77. The normalized spacial score (nSPS) is 20.8. The van der Waals surface area contributed by atoms with Crippen molar-refractivity contribution in [3.63, 3.8) is 0 Å². The van der Waals surface area contributed by atoms with Crippen LogP contribution < -0.4 is 0 Å². The quantitative estimate of drug-likeness (QED) is 0.766. The third-order valence-electron chi connectivity index (χ3n) is 4.79. The van der Waals surface area contributed by atoms with Crippen molar-refractivity contribution in [2.24, 2.45) is 5.92 Å². The lowest BCUT2D eigenvalue weighted by molar-refractivity contribution is -0.139. The number of likely N-dealkylation sites (tertiary alicyclic amines) is 1. The van der Waals surface area contributed by atoms with Gasteiger partial charge in [-0.05, 0) is 47.6 Å². The van der Waals surface area contributed by atoms with E-state index in [0.717, 1.165) is 25.9 Å². The third-order valence-corrected chi connectivity index (χ3v) is 4.79. The van der Waals surface area contributed by atoms with Crippen molar-refractivity contribution in [2.75, 3.05) is 20.1 Å². The first-order valence-corrected chi connectivity index (χ1v) is 7.73. The van der Waals surface area contributed by atoms with Crippen LogP contribution in [0.3, 0.4) is 0 Å². The van der Waals surface area contributed by atoms with Crippen molar-refractivity contribution >= 4 is 5.78 Å². The standard InChI is InChI=1S/C16H32N2O/c1-12(2)15(19)16(17(7)13(3)4)8-10-18(11-9-16)14(5)6/h12-14H,8-11H2,1-7H3. The van der Waals surface area contributed by atoms with E-state index in [9.17, 15) is 4.79 Å². The van der Waals surface area contributed by atoms with Crippen LogP contribution in [0.1, 0.15) is 54.4 Å². The predicted molar refractivity (Wildman–Crippen MR) is 81.4 cm³/mol. The van der Waals surface area contributed by atoms with Crippen LogP contribution in [-0.2, 0) is 4.79 Å². The van der Waals surface area contributed by atoms with Crippen molar-refractivity contribution in [1.29, 1.82) is 0 Å². The fraction of sp³-hybridized carbons (Fsp3) is 0.938. The Morgan fingerprint density at radius 1 is 1.05 bits per heavy atom. The van der Waals surface area contributed by atoms with E-state index in [1.54, 1.807) is 0 Å². The first-order chi connectivity index (χ1) is 8.72. The SMILES string of the molecule is CC(C)C(=O)C1(N(C)C(C)C)CCN(C(C)C)CC1. The van der Waals surface area contributed by atoms with Gasteiger partial charge in [0.1, 0.15) is 0 Å². The molecule has 1 heterocycles. The van der Waals surface area contributed by atoms with Gasteiger partial charge in [0, 0.05) is 31.1 Å². The van der Waals surface area contributed by atoms with Crippen LogP contribution in [0.4, 0.5) is 0 Å². The van der Waals surface area contributed by atoms with Gasteiger partial charge in [0.25, 0.3) is 0 Å². The van der Waals surface area contributed by atoms with Crippen molar-refractivity contribution in [3.05, 3.63) is 0 Å². The number of hydrogen-bond donors (Lipinski definition) is 0. The first kappa shape index (κ1) is 16.6. The lowest BCUT2D eigenvalue weighted by Crippen LogP contribution is -2.62. The minimum atomic E-state index is -0.242. The van der Waals surface area contributed by atoms with Crippen LogP contribution in [0.2, 0.25) is 0 Å². The molecule has 0 aliphatic carbocycles. The molecule has 0 N–H and O–H groups in total. The predicted octanol–water partition coefficient (Wildman–Crippen LogP) is 2.79. The molecule has 0 aromatic rings. The smallest absolute Gasteiger partial charge is 0.155 e. The number of hydrogen-bond acceptors (Lipinski definition) is 3. The Kier molecular flexibility index (Phi) is 5.57. The molecule has 19 heavy (non-hydrogen) atoms. The molecule has 3 nitrogen and oxygen atoms in total. The molecule has 0 spiro atoms. The Balaban J connectivity index is 2.94. The molecule has 1 aliphatic heterocycles. The average molecular weight is 268 g/mol. The number of carbonyl (C=O) groups excluding carboxylic acids is 1. The summed E-state index contributed by atoms with van der Waals surface area (Å²) in [6.45, 7) is 15.0. The van der Waals surface area contributed by atoms with Gasteiger partial charge in [0.2, 0.25) is 0 Å². The number of carbonyl (C=O) groups is 1. The van der Waals surface area contributed by atoms with E-state index >= 15 is 0 Å². The highest BCUT2D eigenvalue weighted by atomic mass is 16.1. The summed E-state index contributed by atoms with van der Waals surface area (Å²) in [6, 6.07) is 0.991. The molecule has 1 saturated heterocycles. The highest BCUT2D eigenvalue weighted by Gasteiger charge is 2.46. The van der Waals surface area contributed by atoms with Crippen molar-refractivity contribution < 1.29 is 4.79 Å². The lowest BCUT2D eigenvalue weighted by Gasteiger charge is -2.49. The molecule has 0 bridgehead atoms. The highest BCUT2D eigenvalue weighted by molar-refractivity contribution is 5.90. The average Bonchev–Trinajstić information content (AvgIpc) is 2.36. The monoisotopic (exact) mass is 268 g/mol. The molecule has 112 valence electrons. The second-order valence-electron chi connectivity index (χ2n) is 6.88. The van der Waals surface area contributed by atoms with E-state index < -0.39 is 0 Å². The van der Waals surface area contributed by atoms with Gasteiger partial charge >= 0.3 is 0 Å². The van der Waals surface area contributed by atoms with E-state index in [2.05, 4.69) is 44.5 Å². The van der Waals surface area contributed by atoms with Crippen LogP contribution in [0.5, 0.6) is 0 Å². The highest BCUT2D eigenvalue weighted by Crippen LogP contribution is 2.33. The number of rotatable bonds is 5. The zero-order valence-corrected chi connectivity index (χ0v) is 13.9. The van der Waals surface area contributed by atoms with Gasteiger partial charge in [-0.3, -0.25) is 9.69 Å². The molecule has 0 aromatic carbocycles. The molecule has 0 atom stereocenters. The Morgan fingerprint density at radius 3 is 1.84 bits per heavy atom. The number of ketones is 1. The summed E-state index contributed by atoms with van der Waals surface area (Å²) in [7, 11) is 2.12. The summed E-state index contributed by atoms with van der Waals surface area (Å²) in [5.74, 6) is 0.541. The van der Waals surface area contributed by atoms with E-state index in [1.807, 2.05) is 13.8 Å². The Labute approximate surface area is 119 Å². The van der Waals surface area contributed by atoms with Gasteiger partial charge in [-0.1, -0.05) is 13.8 Å². The molecule has 0 amide bonds. The number of piperidine rings is 1. The Bertz CT molecular complexity index is 302. The van der Waals surface area contributed by atoms with Gasteiger partial charge in [-0.2, -0.15) is 0 Å². The summed E-state index contributed by atoms with van der Waals surface area (Å²) < 4.78 is 0. The van der Waals surface area contributed by atoms with Crippen LogP contribution in [0, 0.1) is 5.92 Å². The number of likely N-dealkylation sites (N-methyl/N-ethyl adjacent to an activating group) is 1. The molecule has 1 fully saturated rings. The van der Waals surface area contributed by atoms with E-state index in [4.69, 9.17) is 0 Å². The van der Waals surface area contributed by atoms with Crippen molar-refractivity contribution in [1.82, 2.24) is 9.80 Å². The third kappa shape index (κ3) is 3.38. The van der Waals surface area contributed by atoms with E-state index in [0.29, 0.717) is 17.9 Å². The topological polar surface area (TPSA) is 23.6 Å². The van der Waals surface area contributed by atoms with Crippen LogP contribution in [-0.4, -0.2) is 53.3 Å². The van der Waals surface area contributed by atoms with Crippen molar-refractivity contribution in [2.45, 2.75) is 72.0 Å². The van der Waals surface area contributed by atoms with Crippen LogP contribution in [0.15, 0.2) is 0 Å². The molecule has 0 saturated carbocycles. The molecule has 3 heteroatoms. The first-order valence-electron chi connectivity index (χ1n) is 7.73. The number of Topliss-reactive ketones (excluding diaryl/α,β-unsaturated/α-hetero) is 1. The molecule has 1 rings (SSSR count). The van der Waals surface area contributed by atoms with Gasteiger partial charge in [-0.15, -0.1) is 0 Å². The summed E-state index contributed by atoms with van der Waals surface area (Å²) >= 11 is 0. The van der Waals surface area contributed by atoms with E-state index in [-0.39, 0.29) is 11.5 Å². The molecule has 1 aliphatic rings. The largest absolute Gasteiger partial charge is 0.301 e. The van der Waals surface area contributed by atoms with Gasteiger partial charge in [0.05, 0.1) is 5.54 Å². The van der Waals surface area contributed by atoms with Crippen molar-refractivity contribution in [3.8, 4) is 0 Å². The maximum absolute atomic E-state index is 12.8. The number of nitrogens with zero attached hydrogens (tertiary/aromatic N) is 2. The zero-order valence-electron chi connectivity index (χ0n) is 13.9. The molecular formula is C16H32N2O. The molecule has 0 radical (unpaired) electrons. The van der Waals surface area contributed by atoms with E-state index in [1.165, 1.54) is 0 Å². The molecule has 0 aromatic heterocycles. The Hall–Kier alpha value is -0.410. The fourth-order valence-electron chi connectivity index (χ4n) is 3.21. The van der Waals surface area contributed by atoms with Gasteiger partial charge in [-0.25, -0.2) is 0 Å². The maximum Gasteiger partial charge on any atom is 0.155 e.